The highest BCUT2D eigenvalue weighted by Crippen LogP contribution is 2.56. The van der Waals surface area contributed by atoms with Gasteiger partial charge in [0.25, 0.3) is 0 Å². The monoisotopic (exact) mass is 738 g/mol. The highest BCUT2D eigenvalue weighted by atomic mass is 14.4. The molecule has 58 heavy (non-hydrogen) atoms. The van der Waals surface area contributed by atoms with E-state index in [0.717, 1.165) is 0 Å². The van der Waals surface area contributed by atoms with Crippen LogP contribution in [0.3, 0.4) is 0 Å². The van der Waals surface area contributed by atoms with Crippen molar-refractivity contribution in [3.05, 3.63) is 204 Å². The van der Waals surface area contributed by atoms with E-state index in [1.165, 1.54) is 121 Å². The summed E-state index contributed by atoms with van der Waals surface area (Å²) in [5.41, 5.74) is 18.6. The second-order valence-electron chi connectivity index (χ2n) is 17.5. The van der Waals surface area contributed by atoms with E-state index in [1.54, 1.807) is 0 Å². The molecule has 12 rings (SSSR count). The maximum Gasteiger partial charge on any atom is 0.0171 e. The molecule has 0 unspecified atom stereocenters. The van der Waals surface area contributed by atoms with Gasteiger partial charge >= 0.3 is 0 Å². The van der Waals surface area contributed by atoms with E-state index in [1.807, 2.05) is 0 Å². The van der Waals surface area contributed by atoms with Crippen molar-refractivity contribution >= 4 is 43.1 Å². The maximum atomic E-state index is 2.53. The van der Waals surface area contributed by atoms with Gasteiger partial charge in [-0.1, -0.05) is 204 Å². The minimum Gasteiger partial charge on any atom is -0.0619 e. The lowest BCUT2D eigenvalue weighted by Gasteiger charge is -2.26. The Bertz CT molecular complexity index is 3320. The molecule has 0 heteroatoms. The number of benzene rings is 10. The van der Waals surface area contributed by atoms with Gasteiger partial charge in [-0.2, -0.15) is 0 Å². The lowest BCUT2D eigenvalue weighted by Crippen LogP contribution is -2.16. The Morgan fingerprint density at radius 1 is 0.276 bits per heavy atom. The molecule has 0 spiro atoms. The Morgan fingerprint density at radius 3 is 1.47 bits per heavy atom. The normalized spacial score (nSPS) is 14.5. The summed E-state index contributed by atoms with van der Waals surface area (Å²) >= 11 is 0. The predicted octanol–water partition coefficient (Wildman–Crippen LogP) is 15.9. The minimum atomic E-state index is -0.136. The Balaban J connectivity index is 1.05. The second kappa shape index (κ2) is 11.9. The fourth-order valence-corrected chi connectivity index (χ4v) is 11.3. The van der Waals surface area contributed by atoms with Crippen molar-refractivity contribution in [1.29, 1.82) is 0 Å². The van der Waals surface area contributed by atoms with Gasteiger partial charge < -0.3 is 0 Å². The molecular weight excluding hydrogens is 697 g/mol. The molecule has 10 aromatic carbocycles. The van der Waals surface area contributed by atoms with Crippen molar-refractivity contribution in [2.75, 3.05) is 0 Å². The van der Waals surface area contributed by atoms with Crippen LogP contribution in [0.2, 0.25) is 0 Å². The van der Waals surface area contributed by atoms with Gasteiger partial charge in [0.1, 0.15) is 0 Å². The third kappa shape index (κ3) is 4.41. The van der Waals surface area contributed by atoms with Crippen molar-refractivity contribution in [3.63, 3.8) is 0 Å². The zero-order chi connectivity index (χ0) is 38.9. The maximum absolute atomic E-state index is 2.53. The first-order valence-corrected chi connectivity index (χ1v) is 20.7. The van der Waals surface area contributed by atoms with Crippen LogP contribution in [0.25, 0.3) is 98.7 Å². The van der Waals surface area contributed by atoms with Gasteiger partial charge in [-0.15, -0.1) is 0 Å². The summed E-state index contributed by atoms with van der Waals surface area (Å²) in [6.07, 6.45) is 0. The molecule has 0 bridgehead atoms. The van der Waals surface area contributed by atoms with Crippen molar-refractivity contribution < 1.29 is 0 Å². The van der Waals surface area contributed by atoms with Gasteiger partial charge in [-0.3, -0.25) is 0 Å². The van der Waals surface area contributed by atoms with Crippen molar-refractivity contribution in [2.24, 2.45) is 0 Å². The summed E-state index contributed by atoms with van der Waals surface area (Å²) in [7, 11) is 0. The Kier molecular flexibility index (Phi) is 6.84. The van der Waals surface area contributed by atoms with E-state index in [-0.39, 0.29) is 10.8 Å². The number of fused-ring (bicyclic) bond motifs is 12. The SMILES string of the molecule is CC1(C)c2ccccc2-c2c1cc(-c1c3ccccc3c(-c3ccc(-c4cccc5c4C(C)(C)c4c-5ccc5ccccc45)cc3)c3ccccc13)c1ccccc21. The first kappa shape index (κ1) is 33.4. The Labute approximate surface area is 340 Å². The molecule has 0 fully saturated rings. The summed E-state index contributed by atoms with van der Waals surface area (Å²) in [5, 5.41) is 10.4. The van der Waals surface area contributed by atoms with Crippen LogP contribution in [0.15, 0.2) is 182 Å². The summed E-state index contributed by atoms with van der Waals surface area (Å²) in [6.45, 7) is 9.60. The van der Waals surface area contributed by atoms with E-state index in [9.17, 15) is 0 Å². The molecule has 0 radical (unpaired) electrons. The van der Waals surface area contributed by atoms with Gasteiger partial charge in [0.05, 0.1) is 0 Å². The molecule has 0 aliphatic heterocycles. The first-order chi connectivity index (χ1) is 28.3. The van der Waals surface area contributed by atoms with Crippen LogP contribution in [0.5, 0.6) is 0 Å². The summed E-state index contributed by atoms with van der Waals surface area (Å²) < 4.78 is 0. The number of hydrogen-bond acceptors (Lipinski definition) is 0. The largest absolute Gasteiger partial charge is 0.0619 e. The van der Waals surface area contributed by atoms with E-state index in [2.05, 4.69) is 210 Å². The molecule has 0 amide bonds. The summed E-state index contributed by atoms with van der Waals surface area (Å²) in [4.78, 5) is 0. The molecular formula is C58H42. The second-order valence-corrected chi connectivity index (χ2v) is 17.5. The van der Waals surface area contributed by atoms with Crippen LogP contribution in [-0.4, -0.2) is 0 Å². The molecule has 2 aliphatic carbocycles. The molecule has 0 atom stereocenters. The van der Waals surface area contributed by atoms with Crippen LogP contribution < -0.4 is 0 Å². The molecule has 2 aliphatic rings. The molecule has 0 saturated carbocycles. The van der Waals surface area contributed by atoms with Crippen LogP contribution in [-0.2, 0) is 10.8 Å². The zero-order valence-electron chi connectivity index (χ0n) is 33.3. The van der Waals surface area contributed by atoms with Gasteiger partial charge in [-0.25, -0.2) is 0 Å². The van der Waals surface area contributed by atoms with Crippen molar-refractivity contribution in [3.8, 4) is 55.6 Å². The first-order valence-electron chi connectivity index (χ1n) is 20.7. The van der Waals surface area contributed by atoms with E-state index in [4.69, 9.17) is 0 Å². The van der Waals surface area contributed by atoms with Crippen LogP contribution in [0, 0.1) is 0 Å². The molecule has 0 aromatic heterocycles. The lowest BCUT2D eigenvalue weighted by atomic mass is 9.77. The van der Waals surface area contributed by atoms with Gasteiger partial charge in [0.15, 0.2) is 0 Å². The molecule has 274 valence electrons. The average Bonchev–Trinajstić information content (AvgIpc) is 3.65. The molecule has 0 N–H and O–H groups in total. The third-order valence-corrected chi connectivity index (χ3v) is 13.8. The fourth-order valence-electron chi connectivity index (χ4n) is 11.3. The number of hydrogen-bond donors (Lipinski definition) is 0. The number of rotatable bonds is 3. The highest BCUT2D eigenvalue weighted by Gasteiger charge is 2.39. The Morgan fingerprint density at radius 2 is 0.776 bits per heavy atom. The van der Waals surface area contributed by atoms with E-state index >= 15 is 0 Å². The third-order valence-electron chi connectivity index (χ3n) is 13.8. The molecule has 0 nitrogen and oxygen atoms in total. The van der Waals surface area contributed by atoms with Gasteiger partial charge in [0.2, 0.25) is 0 Å². The summed E-state index contributed by atoms with van der Waals surface area (Å²) in [6, 6.07) is 68.6. The topological polar surface area (TPSA) is 0 Å². The van der Waals surface area contributed by atoms with E-state index < -0.39 is 0 Å². The molecule has 0 saturated heterocycles. The lowest BCUT2D eigenvalue weighted by molar-refractivity contribution is 0.661. The quantitative estimate of drug-likeness (QED) is 0.158. The highest BCUT2D eigenvalue weighted by molar-refractivity contribution is 6.24. The Hall–Kier alpha value is -6.76. The minimum absolute atomic E-state index is 0.108. The predicted molar refractivity (Wildman–Crippen MR) is 248 cm³/mol. The molecule has 0 heterocycles. The van der Waals surface area contributed by atoms with Crippen LogP contribution >= 0.6 is 0 Å². The van der Waals surface area contributed by atoms with E-state index in [0.29, 0.717) is 0 Å². The van der Waals surface area contributed by atoms with Gasteiger partial charge in [0, 0.05) is 10.8 Å². The average molecular weight is 739 g/mol. The fraction of sp³-hybridized carbons (Fsp3) is 0.103. The zero-order valence-corrected chi connectivity index (χ0v) is 33.3. The van der Waals surface area contributed by atoms with Gasteiger partial charge in [-0.05, 0) is 127 Å². The van der Waals surface area contributed by atoms with Crippen LogP contribution in [0.1, 0.15) is 49.9 Å². The van der Waals surface area contributed by atoms with Crippen LogP contribution in [0.4, 0.5) is 0 Å². The summed E-state index contributed by atoms with van der Waals surface area (Å²) in [5.74, 6) is 0. The van der Waals surface area contributed by atoms with Crippen molar-refractivity contribution in [1.82, 2.24) is 0 Å². The smallest absolute Gasteiger partial charge is 0.0171 e. The van der Waals surface area contributed by atoms with Crippen molar-refractivity contribution in [2.45, 2.75) is 38.5 Å². The molecule has 10 aromatic rings. The standard InChI is InChI=1S/C58H42/c1-57(2)50-27-14-13-24-48(50)54-41-19-8-7-18-40(41)49(34-51(54)57)53-44-22-11-9-20-42(44)52(43-21-10-12-23-45(43)53)37-30-28-36(29-31-37)39-25-15-26-46-47-33-32-35-16-5-6-17-38(35)56(47)58(3,4)55(39)46/h5-34H,1-4H3.